The third-order valence-electron chi connectivity index (χ3n) is 2.48. The summed E-state index contributed by atoms with van der Waals surface area (Å²) in [5.74, 6) is 0.589. The first-order chi connectivity index (χ1) is 9.34. The number of benzene rings is 1. The van der Waals surface area contributed by atoms with E-state index in [2.05, 4.69) is 4.98 Å². The van der Waals surface area contributed by atoms with Gasteiger partial charge in [-0.15, -0.1) is 11.8 Å². The smallest absolute Gasteiger partial charge is 0.0960 e. The number of hydrogen-bond acceptors (Lipinski definition) is 4. The number of rotatable bonds is 7. The summed E-state index contributed by atoms with van der Waals surface area (Å²) in [6.07, 6.45) is 1.27. The number of aliphatic hydroxyl groups is 1. The van der Waals surface area contributed by atoms with Crippen molar-refractivity contribution >= 4 is 11.8 Å². The quantitative estimate of drug-likeness (QED) is 0.789. The minimum Gasteiger partial charge on any atom is -0.390 e. The van der Waals surface area contributed by atoms with Gasteiger partial charge >= 0.3 is 0 Å². The van der Waals surface area contributed by atoms with Crippen molar-refractivity contribution in [2.75, 3.05) is 12.4 Å². The van der Waals surface area contributed by atoms with Gasteiger partial charge in [0.15, 0.2) is 0 Å². The molecular weight excluding hydrogens is 258 g/mol. The summed E-state index contributed by atoms with van der Waals surface area (Å²) in [6, 6.07) is 15.7. The van der Waals surface area contributed by atoms with Crippen LogP contribution in [0.4, 0.5) is 0 Å². The highest BCUT2D eigenvalue weighted by atomic mass is 32.2. The molecule has 0 bridgehead atoms. The Labute approximate surface area is 117 Å². The van der Waals surface area contributed by atoms with Crippen LogP contribution in [0.2, 0.25) is 0 Å². The van der Waals surface area contributed by atoms with Crippen LogP contribution < -0.4 is 0 Å². The fourth-order valence-electron chi connectivity index (χ4n) is 1.55. The highest BCUT2D eigenvalue weighted by Crippen LogP contribution is 2.15. The average molecular weight is 275 g/mol. The van der Waals surface area contributed by atoms with Crippen LogP contribution in [-0.4, -0.2) is 28.6 Å². The second-order valence-corrected chi connectivity index (χ2v) is 5.17. The standard InChI is InChI=1S/C15H17NO2S/c17-14(12-19-15-8-4-5-9-16-15)11-18-10-13-6-2-1-3-7-13/h1-9,14,17H,10-12H2/t14-/m1/s1. The molecule has 0 fully saturated rings. The fraction of sp³-hybridized carbons (Fsp3) is 0.267. The third-order valence-corrected chi connectivity index (χ3v) is 3.57. The SMILES string of the molecule is O[C@H](COCc1ccccc1)CSc1ccccn1. The van der Waals surface area contributed by atoms with Crippen molar-refractivity contribution < 1.29 is 9.84 Å². The molecule has 1 heterocycles. The molecule has 2 aromatic rings. The van der Waals surface area contributed by atoms with Crippen molar-refractivity contribution in [3.05, 3.63) is 60.3 Å². The molecule has 0 aliphatic rings. The topological polar surface area (TPSA) is 42.4 Å². The van der Waals surface area contributed by atoms with E-state index in [1.54, 1.807) is 6.20 Å². The van der Waals surface area contributed by atoms with E-state index in [1.165, 1.54) is 11.8 Å². The summed E-state index contributed by atoms with van der Waals surface area (Å²) in [6.45, 7) is 0.876. The highest BCUT2D eigenvalue weighted by Gasteiger charge is 2.06. The minimum absolute atomic E-state index is 0.342. The molecule has 0 radical (unpaired) electrons. The molecule has 0 amide bonds. The Hall–Kier alpha value is -1.36. The van der Waals surface area contributed by atoms with Crippen LogP contribution in [0.25, 0.3) is 0 Å². The predicted molar refractivity (Wildman–Crippen MR) is 77.1 cm³/mol. The maximum absolute atomic E-state index is 9.81. The molecule has 1 atom stereocenters. The van der Waals surface area contributed by atoms with Crippen LogP contribution >= 0.6 is 11.8 Å². The molecule has 1 aromatic carbocycles. The molecule has 19 heavy (non-hydrogen) atoms. The van der Waals surface area contributed by atoms with Gasteiger partial charge in [0.1, 0.15) is 0 Å². The Balaban J connectivity index is 1.64. The van der Waals surface area contributed by atoms with Crippen LogP contribution in [0.1, 0.15) is 5.56 Å². The van der Waals surface area contributed by atoms with Crippen LogP contribution in [0.15, 0.2) is 59.8 Å². The van der Waals surface area contributed by atoms with Gasteiger partial charge in [0.2, 0.25) is 0 Å². The third kappa shape index (κ3) is 5.42. The molecule has 0 aliphatic carbocycles. The van der Waals surface area contributed by atoms with E-state index in [1.807, 2.05) is 48.5 Å². The van der Waals surface area contributed by atoms with Crippen LogP contribution in [0, 0.1) is 0 Å². The Morgan fingerprint density at radius 3 is 2.63 bits per heavy atom. The second kappa shape index (κ2) is 7.94. The maximum Gasteiger partial charge on any atom is 0.0960 e. The molecule has 0 saturated carbocycles. The lowest BCUT2D eigenvalue weighted by Gasteiger charge is -2.10. The second-order valence-electron chi connectivity index (χ2n) is 4.13. The van der Waals surface area contributed by atoms with Gasteiger partial charge in [0.05, 0.1) is 24.3 Å². The number of ether oxygens (including phenoxy) is 1. The number of nitrogens with zero attached hydrogens (tertiary/aromatic N) is 1. The first-order valence-electron chi connectivity index (χ1n) is 6.18. The van der Waals surface area contributed by atoms with Gasteiger partial charge in [-0.05, 0) is 17.7 Å². The van der Waals surface area contributed by atoms with Gasteiger partial charge < -0.3 is 9.84 Å². The van der Waals surface area contributed by atoms with Gasteiger partial charge in [-0.3, -0.25) is 0 Å². The lowest BCUT2D eigenvalue weighted by Crippen LogP contribution is -2.17. The van der Waals surface area contributed by atoms with Gasteiger partial charge in [0.25, 0.3) is 0 Å². The van der Waals surface area contributed by atoms with Crippen molar-refractivity contribution in [1.29, 1.82) is 0 Å². The van der Waals surface area contributed by atoms with Crippen molar-refractivity contribution in [3.8, 4) is 0 Å². The van der Waals surface area contributed by atoms with E-state index >= 15 is 0 Å². The van der Waals surface area contributed by atoms with E-state index in [0.29, 0.717) is 19.0 Å². The largest absolute Gasteiger partial charge is 0.390 e. The maximum atomic E-state index is 9.81. The van der Waals surface area contributed by atoms with Gasteiger partial charge in [-0.25, -0.2) is 4.98 Å². The zero-order chi connectivity index (χ0) is 13.3. The summed E-state index contributed by atoms with van der Waals surface area (Å²) in [4.78, 5) is 4.19. The fourth-order valence-corrected chi connectivity index (χ4v) is 2.32. The molecule has 1 N–H and O–H groups in total. The summed E-state index contributed by atoms with van der Waals surface area (Å²) in [7, 11) is 0. The number of thioether (sulfide) groups is 1. The molecule has 0 saturated heterocycles. The molecule has 0 spiro atoms. The molecule has 3 nitrogen and oxygen atoms in total. The zero-order valence-corrected chi connectivity index (χ0v) is 11.4. The van der Waals surface area contributed by atoms with Crippen LogP contribution in [0.5, 0.6) is 0 Å². The van der Waals surface area contributed by atoms with E-state index in [0.717, 1.165) is 10.6 Å². The summed E-state index contributed by atoms with van der Waals surface area (Å²) in [5, 5.41) is 10.7. The van der Waals surface area contributed by atoms with Crippen LogP contribution in [0.3, 0.4) is 0 Å². The summed E-state index contributed by atoms with van der Waals surface area (Å²) >= 11 is 1.53. The number of pyridine rings is 1. The van der Waals surface area contributed by atoms with Crippen molar-refractivity contribution in [1.82, 2.24) is 4.98 Å². The Bertz CT molecular complexity index is 464. The normalized spacial score (nSPS) is 12.3. The molecule has 1 aromatic heterocycles. The predicted octanol–water partition coefficient (Wildman–Crippen LogP) is 2.75. The highest BCUT2D eigenvalue weighted by molar-refractivity contribution is 7.99. The van der Waals surface area contributed by atoms with Crippen molar-refractivity contribution in [2.24, 2.45) is 0 Å². The molecule has 4 heteroatoms. The Morgan fingerprint density at radius 2 is 1.89 bits per heavy atom. The first kappa shape index (κ1) is 14.1. The summed E-state index contributed by atoms with van der Waals surface area (Å²) < 4.78 is 5.49. The molecular formula is C15H17NO2S. The molecule has 2 rings (SSSR count). The average Bonchev–Trinajstić information content (AvgIpc) is 2.47. The minimum atomic E-state index is -0.476. The van der Waals surface area contributed by atoms with E-state index < -0.39 is 6.10 Å². The van der Waals surface area contributed by atoms with Gasteiger partial charge in [-0.1, -0.05) is 36.4 Å². The number of hydrogen-bond donors (Lipinski definition) is 1. The first-order valence-corrected chi connectivity index (χ1v) is 7.17. The van der Waals surface area contributed by atoms with Gasteiger partial charge in [-0.2, -0.15) is 0 Å². The number of aliphatic hydroxyl groups excluding tert-OH is 1. The van der Waals surface area contributed by atoms with Crippen LogP contribution in [-0.2, 0) is 11.3 Å². The Morgan fingerprint density at radius 1 is 1.11 bits per heavy atom. The summed E-state index contributed by atoms with van der Waals surface area (Å²) in [5.41, 5.74) is 1.12. The van der Waals surface area contributed by atoms with E-state index in [4.69, 9.17) is 4.74 Å². The molecule has 0 unspecified atom stereocenters. The molecule has 100 valence electrons. The lowest BCUT2D eigenvalue weighted by atomic mass is 10.2. The monoisotopic (exact) mass is 275 g/mol. The Kier molecular flexibility index (Phi) is 5.88. The van der Waals surface area contributed by atoms with Crippen molar-refractivity contribution in [2.45, 2.75) is 17.7 Å². The van der Waals surface area contributed by atoms with Gasteiger partial charge in [0, 0.05) is 11.9 Å². The number of aromatic nitrogens is 1. The van der Waals surface area contributed by atoms with E-state index in [-0.39, 0.29) is 0 Å². The zero-order valence-electron chi connectivity index (χ0n) is 10.6. The van der Waals surface area contributed by atoms with Crippen molar-refractivity contribution in [3.63, 3.8) is 0 Å². The van der Waals surface area contributed by atoms with E-state index in [9.17, 15) is 5.11 Å². The molecule has 0 aliphatic heterocycles. The lowest BCUT2D eigenvalue weighted by molar-refractivity contribution is 0.0398.